The van der Waals surface area contributed by atoms with Crippen LogP contribution in [0.2, 0.25) is 0 Å². The van der Waals surface area contributed by atoms with E-state index in [0.717, 1.165) is 22.5 Å². The van der Waals surface area contributed by atoms with E-state index in [2.05, 4.69) is 36.1 Å². The van der Waals surface area contributed by atoms with Crippen molar-refractivity contribution in [2.75, 3.05) is 16.1 Å². The van der Waals surface area contributed by atoms with E-state index in [1.54, 1.807) is 12.1 Å². The van der Waals surface area contributed by atoms with Crippen LogP contribution in [0.1, 0.15) is 23.6 Å². The third kappa shape index (κ3) is 6.73. The third-order valence-electron chi connectivity index (χ3n) is 5.25. The first-order chi connectivity index (χ1) is 16.9. The number of benzene rings is 3. The number of aromatic nitrogens is 3. The molecule has 0 unspecified atom stereocenters. The van der Waals surface area contributed by atoms with Gasteiger partial charge in [0, 0.05) is 23.5 Å². The number of hydrogen-bond acceptors (Lipinski definition) is 9. The van der Waals surface area contributed by atoms with Gasteiger partial charge in [0.05, 0.1) is 10.6 Å². The van der Waals surface area contributed by atoms with Crippen molar-refractivity contribution in [3.8, 4) is 0 Å². The highest BCUT2D eigenvalue weighted by atomic mass is 35.5. The van der Waals surface area contributed by atoms with Crippen LogP contribution in [0.4, 0.5) is 34.9 Å². The molecule has 11 heteroatoms. The fourth-order valence-corrected chi connectivity index (χ4v) is 3.16. The van der Waals surface area contributed by atoms with E-state index < -0.39 is 4.92 Å². The van der Waals surface area contributed by atoms with Gasteiger partial charge >= 0.3 is 0 Å². The molecule has 3 N–H and O–H groups in total. The van der Waals surface area contributed by atoms with E-state index >= 15 is 0 Å². The molecule has 0 aliphatic heterocycles. The van der Waals surface area contributed by atoms with Crippen LogP contribution in [0, 0.1) is 24.0 Å². The molecule has 0 fully saturated rings. The summed E-state index contributed by atoms with van der Waals surface area (Å²) < 4.78 is 0. The summed E-state index contributed by atoms with van der Waals surface area (Å²) in [5, 5.41) is 21.6. The zero-order chi connectivity index (χ0) is 24.8. The minimum absolute atomic E-state index is 0. The summed E-state index contributed by atoms with van der Waals surface area (Å²) in [6.07, 6.45) is 0. The maximum Gasteiger partial charge on any atom is 0.269 e. The number of hydrazone groups is 1. The SMILES string of the molecule is C/C(=N\Nc1nc(Nc2ccc([N+](=O)[O-])cc2)nc(Nc2ccc(C)c(C)c2)n1)c1ccccc1.Cl. The number of nitrogens with one attached hydrogen (secondary N) is 3. The molecule has 0 spiro atoms. The Bertz CT molecular complexity index is 1380. The summed E-state index contributed by atoms with van der Waals surface area (Å²) in [5.41, 5.74) is 8.36. The molecule has 0 aliphatic rings. The molecular formula is C25H25ClN8O2. The summed E-state index contributed by atoms with van der Waals surface area (Å²) in [6, 6.07) is 21.7. The molecule has 36 heavy (non-hydrogen) atoms. The lowest BCUT2D eigenvalue weighted by Crippen LogP contribution is -2.08. The van der Waals surface area contributed by atoms with E-state index in [1.165, 1.54) is 17.7 Å². The number of nitro benzene ring substituents is 1. The number of rotatable bonds is 8. The van der Waals surface area contributed by atoms with Crippen LogP contribution in [0.15, 0.2) is 77.9 Å². The van der Waals surface area contributed by atoms with Gasteiger partial charge in [0.1, 0.15) is 0 Å². The first kappa shape index (κ1) is 26.0. The average Bonchev–Trinajstić information content (AvgIpc) is 2.85. The standard InChI is InChI=1S/C25H24N8O2.ClH/c1-16-9-10-21(15-17(16)2)27-24-28-23(26-20-11-13-22(14-12-20)33(34)35)29-25(30-24)32-31-18(3)19-7-5-4-6-8-19;/h4-15H,1-3H3,(H3,26,27,28,29,30,32);1H/b31-18+;. The van der Waals surface area contributed by atoms with E-state index in [-0.39, 0.29) is 30.0 Å². The van der Waals surface area contributed by atoms with Gasteiger partial charge in [-0.15, -0.1) is 12.4 Å². The van der Waals surface area contributed by atoms with Crippen molar-refractivity contribution in [1.82, 2.24) is 15.0 Å². The Morgan fingerprint density at radius 3 is 2.00 bits per heavy atom. The smallest absolute Gasteiger partial charge is 0.269 e. The molecule has 0 saturated heterocycles. The van der Waals surface area contributed by atoms with Crippen molar-refractivity contribution < 1.29 is 4.92 Å². The van der Waals surface area contributed by atoms with Crippen molar-refractivity contribution in [3.05, 3.63) is 99.6 Å². The molecule has 0 aliphatic carbocycles. The lowest BCUT2D eigenvalue weighted by molar-refractivity contribution is -0.384. The molecule has 4 rings (SSSR count). The summed E-state index contributed by atoms with van der Waals surface area (Å²) in [5.74, 6) is 0.781. The van der Waals surface area contributed by atoms with Crippen molar-refractivity contribution in [2.24, 2.45) is 5.10 Å². The van der Waals surface area contributed by atoms with Crippen LogP contribution in [0.25, 0.3) is 0 Å². The number of hydrogen-bond donors (Lipinski definition) is 3. The molecular weight excluding hydrogens is 480 g/mol. The summed E-state index contributed by atoms with van der Waals surface area (Å²) in [4.78, 5) is 23.8. The van der Waals surface area contributed by atoms with Gasteiger partial charge < -0.3 is 10.6 Å². The maximum atomic E-state index is 10.9. The lowest BCUT2D eigenvalue weighted by atomic mass is 10.1. The van der Waals surface area contributed by atoms with Gasteiger partial charge in [0.2, 0.25) is 17.8 Å². The van der Waals surface area contributed by atoms with Crippen LogP contribution < -0.4 is 16.1 Å². The van der Waals surface area contributed by atoms with Crippen LogP contribution in [0.5, 0.6) is 0 Å². The summed E-state index contributed by atoms with van der Waals surface area (Å²) in [7, 11) is 0. The third-order valence-corrected chi connectivity index (χ3v) is 5.25. The van der Waals surface area contributed by atoms with Crippen LogP contribution in [0.3, 0.4) is 0 Å². The highest BCUT2D eigenvalue weighted by molar-refractivity contribution is 5.98. The zero-order valence-electron chi connectivity index (χ0n) is 19.9. The second-order valence-electron chi connectivity index (χ2n) is 7.83. The minimum Gasteiger partial charge on any atom is -0.324 e. The lowest BCUT2D eigenvalue weighted by Gasteiger charge is -2.11. The fraction of sp³-hybridized carbons (Fsp3) is 0.120. The minimum atomic E-state index is -0.451. The topological polar surface area (TPSA) is 130 Å². The van der Waals surface area contributed by atoms with Gasteiger partial charge in [-0.3, -0.25) is 10.1 Å². The number of nitrogens with zero attached hydrogens (tertiary/aromatic N) is 5. The average molecular weight is 505 g/mol. The Morgan fingerprint density at radius 2 is 1.39 bits per heavy atom. The van der Waals surface area contributed by atoms with E-state index in [9.17, 15) is 10.1 Å². The summed E-state index contributed by atoms with van der Waals surface area (Å²) in [6.45, 7) is 5.96. The molecule has 0 saturated carbocycles. The van der Waals surface area contributed by atoms with Gasteiger partial charge in [-0.1, -0.05) is 36.4 Å². The molecule has 184 valence electrons. The highest BCUT2D eigenvalue weighted by Gasteiger charge is 2.10. The molecule has 1 aromatic heterocycles. The highest BCUT2D eigenvalue weighted by Crippen LogP contribution is 2.22. The molecule has 10 nitrogen and oxygen atoms in total. The molecule has 1 heterocycles. The van der Waals surface area contributed by atoms with E-state index in [0.29, 0.717) is 11.6 Å². The number of anilines is 5. The van der Waals surface area contributed by atoms with Crippen LogP contribution >= 0.6 is 12.4 Å². The van der Waals surface area contributed by atoms with Gasteiger partial charge in [-0.05, 0) is 61.7 Å². The Hall–Kier alpha value is -4.57. The van der Waals surface area contributed by atoms with Crippen molar-refractivity contribution in [1.29, 1.82) is 0 Å². The van der Waals surface area contributed by atoms with Gasteiger partial charge in [0.15, 0.2) is 0 Å². The fourth-order valence-electron chi connectivity index (χ4n) is 3.16. The van der Waals surface area contributed by atoms with Gasteiger partial charge in [-0.25, -0.2) is 5.43 Å². The largest absolute Gasteiger partial charge is 0.324 e. The first-order valence-electron chi connectivity index (χ1n) is 10.8. The second-order valence-corrected chi connectivity index (χ2v) is 7.83. The number of aryl methyl sites for hydroxylation is 2. The van der Waals surface area contributed by atoms with Crippen molar-refractivity contribution in [2.45, 2.75) is 20.8 Å². The van der Waals surface area contributed by atoms with Crippen LogP contribution in [-0.4, -0.2) is 25.6 Å². The monoisotopic (exact) mass is 504 g/mol. The van der Waals surface area contributed by atoms with E-state index in [4.69, 9.17) is 0 Å². The van der Waals surface area contributed by atoms with Gasteiger partial charge in [0.25, 0.3) is 5.69 Å². The second kappa shape index (κ2) is 11.7. The predicted molar refractivity (Wildman–Crippen MR) is 145 cm³/mol. The normalized spacial score (nSPS) is 10.8. The number of non-ortho nitro benzene ring substituents is 1. The Labute approximate surface area is 214 Å². The molecule has 0 atom stereocenters. The quantitative estimate of drug-likeness (QED) is 0.148. The van der Waals surface area contributed by atoms with E-state index in [1.807, 2.05) is 69.3 Å². The predicted octanol–water partition coefficient (Wildman–Crippen LogP) is 6.14. The zero-order valence-corrected chi connectivity index (χ0v) is 20.7. The summed E-state index contributed by atoms with van der Waals surface area (Å²) >= 11 is 0. The Kier molecular flexibility index (Phi) is 8.48. The van der Waals surface area contributed by atoms with Crippen LogP contribution in [-0.2, 0) is 0 Å². The number of nitro groups is 1. The van der Waals surface area contributed by atoms with Gasteiger partial charge in [-0.2, -0.15) is 20.1 Å². The maximum absolute atomic E-state index is 10.9. The first-order valence-corrected chi connectivity index (χ1v) is 10.8. The Balaban J connectivity index is 0.00000361. The van der Waals surface area contributed by atoms with Crippen molar-refractivity contribution in [3.63, 3.8) is 0 Å². The number of halogens is 1. The Morgan fingerprint density at radius 1 is 0.806 bits per heavy atom. The molecule has 4 aromatic rings. The molecule has 0 radical (unpaired) electrons. The van der Waals surface area contributed by atoms with Crippen molar-refractivity contribution >= 4 is 53.0 Å². The molecule has 3 aromatic carbocycles. The molecule has 0 bridgehead atoms. The molecule has 0 amide bonds.